The van der Waals surface area contributed by atoms with Gasteiger partial charge in [0.15, 0.2) is 5.82 Å². The van der Waals surface area contributed by atoms with Crippen LogP contribution in [0.5, 0.6) is 0 Å². The molecule has 0 aromatic carbocycles. The number of nitrogens with zero attached hydrogens (tertiary/aromatic N) is 3. The van der Waals surface area contributed by atoms with E-state index in [9.17, 15) is 27.9 Å². The number of halogens is 3. The molecule has 1 aromatic heterocycles. The number of hydrogen-bond acceptors (Lipinski definition) is 3. The summed E-state index contributed by atoms with van der Waals surface area (Å²) in [6.07, 6.45) is -1.14. The minimum atomic E-state index is -4.40. The molecular weight excluding hydrogens is 329 g/mol. The maximum Gasteiger partial charge on any atom is 0.408 e. The van der Waals surface area contributed by atoms with Gasteiger partial charge < -0.3 is 10.0 Å². The summed E-state index contributed by atoms with van der Waals surface area (Å²) in [5, 5.41) is 15.6. The first-order valence-electron chi connectivity index (χ1n) is 7.59. The molecule has 2 heterocycles. The minimum Gasteiger partial charge on any atom is -0.481 e. The molecule has 1 aromatic rings. The van der Waals surface area contributed by atoms with Crippen molar-refractivity contribution in [2.24, 2.45) is 11.3 Å². The van der Waals surface area contributed by atoms with Gasteiger partial charge in [-0.3, -0.25) is 14.8 Å². The Morgan fingerprint density at radius 1 is 1.46 bits per heavy atom. The Hall–Kier alpha value is -2.26. The van der Waals surface area contributed by atoms with Crippen LogP contribution in [0.25, 0.3) is 0 Å². The highest BCUT2D eigenvalue weighted by atomic mass is 19.4. The molecule has 1 saturated heterocycles. The van der Waals surface area contributed by atoms with Crippen LogP contribution in [0, 0.1) is 11.3 Å². The standard InChI is InChI=1S/C14H17F3N4O3/c15-14(16,17)8-21-5-3-10(19-21)18-12(24)20-6-9-2-1-4-13(9,7-20)11(22)23/h3,5,9H,1-2,4,6-8H2,(H,22,23)(H,18,19,24)/t9-,13+/m0/s1. The molecule has 1 saturated carbocycles. The molecule has 7 nitrogen and oxygen atoms in total. The molecule has 3 rings (SSSR count). The Balaban J connectivity index is 1.63. The van der Waals surface area contributed by atoms with Crippen LogP contribution in [-0.4, -0.2) is 51.1 Å². The lowest BCUT2D eigenvalue weighted by Crippen LogP contribution is -2.38. The van der Waals surface area contributed by atoms with Gasteiger partial charge in [0.05, 0.1) is 5.41 Å². The van der Waals surface area contributed by atoms with Crippen molar-refractivity contribution in [1.82, 2.24) is 14.7 Å². The predicted octanol–water partition coefficient (Wildman–Crippen LogP) is 2.16. The van der Waals surface area contributed by atoms with Crippen molar-refractivity contribution < 1.29 is 27.9 Å². The summed E-state index contributed by atoms with van der Waals surface area (Å²) in [7, 11) is 0. The Labute approximate surface area is 135 Å². The number of aromatic nitrogens is 2. The maximum absolute atomic E-state index is 12.3. The lowest BCUT2D eigenvalue weighted by molar-refractivity contribution is -0.149. The van der Waals surface area contributed by atoms with Gasteiger partial charge in [-0.05, 0) is 18.8 Å². The van der Waals surface area contributed by atoms with E-state index in [0.29, 0.717) is 17.6 Å². The molecule has 10 heteroatoms. The van der Waals surface area contributed by atoms with Gasteiger partial charge in [-0.25, -0.2) is 4.79 Å². The smallest absolute Gasteiger partial charge is 0.408 e. The van der Waals surface area contributed by atoms with E-state index in [1.165, 1.54) is 11.0 Å². The zero-order valence-corrected chi connectivity index (χ0v) is 12.7. The van der Waals surface area contributed by atoms with Crippen molar-refractivity contribution in [3.05, 3.63) is 12.3 Å². The van der Waals surface area contributed by atoms with Crippen molar-refractivity contribution in [3.8, 4) is 0 Å². The first kappa shape index (κ1) is 16.6. The Morgan fingerprint density at radius 3 is 2.83 bits per heavy atom. The van der Waals surface area contributed by atoms with Crippen molar-refractivity contribution in [1.29, 1.82) is 0 Å². The molecule has 2 amide bonds. The van der Waals surface area contributed by atoms with Gasteiger partial charge >= 0.3 is 18.2 Å². The third-order valence-corrected chi connectivity index (χ3v) is 4.80. The number of rotatable bonds is 3. The zero-order chi connectivity index (χ0) is 17.5. The lowest BCUT2D eigenvalue weighted by atomic mass is 9.81. The van der Waals surface area contributed by atoms with E-state index in [0.717, 1.165) is 19.0 Å². The van der Waals surface area contributed by atoms with Gasteiger partial charge in [0.25, 0.3) is 0 Å². The van der Waals surface area contributed by atoms with E-state index in [2.05, 4.69) is 10.4 Å². The molecule has 0 unspecified atom stereocenters. The predicted molar refractivity (Wildman–Crippen MR) is 76.3 cm³/mol. The van der Waals surface area contributed by atoms with E-state index in [4.69, 9.17) is 0 Å². The van der Waals surface area contributed by atoms with Crippen LogP contribution in [0.15, 0.2) is 12.3 Å². The number of hydrogen-bond donors (Lipinski definition) is 2. The Kier molecular flexibility index (Phi) is 3.92. The van der Waals surface area contributed by atoms with Gasteiger partial charge in [-0.2, -0.15) is 18.3 Å². The monoisotopic (exact) mass is 346 g/mol. The van der Waals surface area contributed by atoms with Crippen molar-refractivity contribution in [2.45, 2.75) is 32.0 Å². The van der Waals surface area contributed by atoms with E-state index >= 15 is 0 Å². The SMILES string of the molecule is O=C(Nc1ccn(CC(F)(F)F)n1)N1C[C@@H]2CCC[C@@]2(C(=O)O)C1. The molecule has 2 fully saturated rings. The maximum atomic E-state index is 12.3. The fourth-order valence-electron chi connectivity index (χ4n) is 3.68. The number of anilines is 1. The highest BCUT2D eigenvalue weighted by molar-refractivity contribution is 5.89. The number of nitrogens with one attached hydrogen (secondary N) is 1. The number of aliphatic carboxylic acids is 1. The van der Waals surface area contributed by atoms with Crippen molar-refractivity contribution in [2.75, 3.05) is 18.4 Å². The van der Waals surface area contributed by atoms with Crippen molar-refractivity contribution in [3.63, 3.8) is 0 Å². The molecule has 1 aliphatic heterocycles. The van der Waals surface area contributed by atoms with Crippen LogP contribution in [-0.2, 0) is 11.3 Å². The van der Waals surface area contributed by atoms with E-state index in [1.807, 2.05) is 0 Å². The number of fused-ring (bicyclic) bond motifs is 1. The fourth-order valence-corrected chi connectivity index (χ4v) is 3.68. The summed E-state index contributed by atoms with van der Waals surface area (Å²) in [5.74, 6) is -0.969. The number of carbonyl (C=O) groups excluding carboxylic acids is 1. The van der Waals surface area contributed by atoms with E-state index in [-0.39, 0.29) is 18.3 Å². The molecule has 0 bridgehead atoms. The first-order chi connectivity index (χ1) is 11.2. The van der Waals surface area contributed by atoms with Gasteiger partial charge in [0.2, 0.25) is 0 Å². The number of likely N-dealkylation sites (tertiary alicyclic amines) is 1. The Bertz CT molecular complexity index is 660. The highest BCUT2D eigenvalue weighted by Gasteiger charge is 2.55. The average Bonchev–Trinajstić information content (AvgIpc) is 3.10. The second-order valence-corrected chi connectivity index (χ2v) is 6.37. The molecule has 0 radical (unpaired) electrons. The quantitative estimate of drug-likeness (QED) is 0.878. The molecule has 24 heavy (non-hydrogen) atoms. The largest absolute Gasteiger partial charge is 0.481 e. The van der Waals surface area contributed by atoms with Gasteiger partial charge in [-0.1, -0.05) is 6.42 Å². The van der Waals surface area contributed by atoms with Gasteiger partial charge in [-0.15, -0.1) is 0 Å². The van der Waals surface area contributed by atoms with Gasteiger partial charge in [0, 0.05) is 25.4 Å². The lowest BCUT2D eigenvalue weighted by Gasteiger charge is -2.23. The summed E-state index contributed by atoms with van der Waals surface area (Å²) in [5.41, 5.74) is -0.896. The normalized spacial score (nSPS) is 26.5. The molecule has 1 aliphatic carbocycles. The van der Waals surface area contributed by atoms with Crippen LogP contribution in [0.4, 0.5) is 23.8 Å². The van der Waals surface area contributed by atoms with Crippen LogP contribution < -0.4 is 5.32 Å². The number of urea groups is 1. The van der Waals surface area contributed by atoms with E-state index in [1.54, 1.807) is 0 Å². The molecule has 0 spiro atoms. The van der Waals surface area contributed by atoms with Gasteiger partial charge in [0.1, 0.15) is 6.54 Å². The molecular formula is C14H17F3N4O3. The third-order valence-electron chi connectivity index (χ3n) is 4.80. The summed E-state index contributed by atoms with van der Waals surface area (Å²) >= 11 is 0. The number of amides is 2. The summed E-state index contributed by atoms with van der Waals surface area (Å²) in [6, 6.07) is 0.732. The van der Waals surface area contributed by atoms with Crippen molar-refractivity contribution >= 4 is 17.8 Å². The number of alkyl halides is 3. The second kappa shape index (κ2) is 5.67. The van der Waals surface area contributed by atoms with Crippen LogP contribution in [0.3, 0.4) is 0 Å². The second-order valence-electron chi connectivity index (χ2n) is 6.37. The summed E-state index contributed by atoms with van der Waals surface area (Å²) < 4.78 is 37.6. The van der Waals surface area contributed by atoms with Crippen LogP contribution in [0.2, 0.25) is 0 Å². The van der Waals surface area contributed by atoms with E-state index < -0.39 is 30.1 Å². The topological polar surface area (TPSA) is 87.5 Å². The third kappa shape index (κ3) is 3.04. The van der Waals surface area contributed by atoms with Crippen LogP contribution in [0.1, 0.15) is 19.3 Å². The minimum absolute atomic E-state index is 0.00526. The zero-order valence-electron chi connectivity index (χ0n) is 12.7. The fraction of sp³-hybridized carbons (Fsp3) is 0.643. The first-order valence-corrected chi connectivity index (χ1v) is 7.59. The summed E-state index contributed by atoms with van der Waals surface area (Å²) in [6.45, 7) is -0.791. The average molecular weight is 346 g/mol. The van der Waals surface area contributed by atoms with Crippen LogP contribution >= 0.6 is 0 Å². The molecule has 2 aliphatic rings. The number of carbonyl (C=O) groups is 2. The Morgan fingerprint density at radius 2 is 2.21 bits per heavy atom. The molecule has 2 N–H and O–H groups in total. The molecule has 132 valence electrons. The molecule has 2 atom stereocenters. The number of carboxylic acid groups (broad SMARTS) is 1. The highest BCUT2D eigenvalue weighted by Crippen LogP contribution is 2.48. The number of carboxylic acids is 1. The summed E-state index contributed by atoms with van der Waals surface area (Å²) in [4.78, 5) is 25.2.